The summed E-state index contributed by atoms with van der Waals surface area (Å²) in [5.41, 5.74) is 10.4. The zero-order valence-electron chi connectivity index (χ0n) is 25.7. The molecule has 5 aromatic rings. The molecule has 3 heterocycles. The zero-order chi connectivity index (χ0) is 31.2. The van der Waals surface area contributed by atoms with Gasteiger partial charge in [0.25, 0.3) is 0 Å². The van der Waals surface area contributed by atoms with Crippen LogP contribution in [0.25, 0.3) is 28.0 Å². The predicted octanol–water partition coefficient (Wildman–Crippen LogP) is 10.2. The average molecular weight is 588 g/mol. The van der Waals surface area contributed by atoms with Crippen molar-refractivity contribution in [1.29, 1.82) is 0 Å². The molecule has 0 saturated heterocycles. The lowest BCUT2D eigenvalue weighted by Crippen LogP contribution is -2.41. The van der Waals surface area contributed by atoms with E-state index in [0.717, 1.165) is 39.6 Å². The molecule has 0 bridgehead atoms. The first-order valence-electron chi connectivity index (χ1n) is 15.2. The van der Waals surface area contributed by atoms with Crippen LogP contribution < -0.4 is 15.5 Å². The Morgan fingerprint density at radius 1 is 0.689 bits per heavy atom. The van der Waals surface area contributed by atoms with E-state index in [0.29, 0.717) is 5.82 Å². The molecule has 2 aliphatic rings. The molecule has 5 nitrogen and oxygen atoms in total. The highest BCUT2D eigenvalue weighted by Crippen LogP contribution is 2.51. The van der Waals surface area contributed by atoms with Gasteiger partial charge in [0.15, 0.2) is 12.0 Å². The van der Waals surface area contributed by atoms with Crippen molar-refractivity contribution >= 4 is 22.6 Å². The van der Waals surface area contributed by atoms with E-state index in [1.165, 1.54) is 16.7 Å². The summed E-state index contributed by atoms with van der Waals surface area (Å²) in [4.78, 5) is 12.6. The number of hydrogen-bond acceptors (Lipinski definition) is 5. The van der Waals surface area contributed by atoms with Gasteiger partial charge in [-0.1, -0.05) is 122 Å². The highest BCUT2D eigenvalue weighted by Gasteiger charge is 2.42. The maximum absolute atomic E-state index is 5.15. The van der Waals surface area contributed by atoms with Gasteiger partial charge in [-0.15, -0.1) is 0 Å². The largest absolute Gasteiger partial charge is 0.360 e. The van der Waals surface area contributed by atoms with Crippen molar-refractivity contribution in [1.82, 2.24) is 9.97 Å². The molecule has 0 fully saturated rings. The van der Waals surface area contributed by atoms with Gasteiger partial charge < -0.3 is 15.5 Å². The molecule has 2 N–H and O–H groups in total. The van der Waals surface area contributed by atoms with E-state index in [1.54, 1.807) is 6.08 Å². The molecule has 2 aliphatic heterocycles. The molecule has 4 aromatic carbocycles. The smallest absolute Gasteiger partial charge is 0.172 e. The third-order valence-corrected chi connectivity index (χ3v) is 7.98. The van der Waals surface area contributed by atoms with E-state index in [2.05, 4.69) is 108 Å². The summed E-state index contributed by atoms with van der Waals surface area (Å²) in [6, 6.07) is 37.8. The van der Waals surface area contributed by atoms with Gasteiger partial charge in [0.1, 0.15) is 6.17 Å². The minimum absolute atomic E-state index is 0.0904. The molecule has 0 spiro atoms. The zero-order valence-corrected chi connectivity index (χ0v) is 25.7. The molecule has 0 amide bonds. The predicted molar refractivity (Wildman–Crippen MR) is 190 cm³/mol. The van der Waals surface area contributed by atoms with Crippen molar-refractivity contribution in [3.63, 3.8) is 0 Å². The van der Waals surface area contributed by atoms with Crippen LogP contribution in [0.5, 0.6) is 0 Å². The number of rotatable bonds is 6. The van der Waals surface area contributed by atoms with Crippen LogP contribution in [0.4, 0.5) is 17.1 Å². The Labute approximate surface area is 266 Å². The van der Waals surface area contributed by atoms with Gasteiger partial charge in [0, 0.05) is 16.8 Å². The second-order valence-corrected chi connectivity index (χ2v) is 10.8. The minimum Gasteiger partial charge on any atom is -0.360 e. The lowest BCUT2D eigenvalue weighted by Gasteiger charge is -2.41. The Balaban J connectivity index is 0.000000845. The van der Waals surface area contributed by atoms with Crippen LogP contribution in [-0.2, 0) is 0 Å². The van der Waals surface area contributed by atoms with Crippen molar-refractivity contribution in [3.8, 4) is 22.4 Å². The molecule has 2 atom stereocenters. The summed E-state index contributed by atoms with van der Waals surface area (Å²) >= 11 is 0. The molecule has 0 aliphatic carbocycles. The van der Waals surface area contributed by atoms with Gasteiger partial charge in [-0.3, -0.25) is 0 Å². The van der Waals surface area contributed by atoms with Crippen LogP contribution in [0, 0.1) is 0 Å². The summed E-state index contributed by atoms with van der Waals surface area (Å²) in [6.07, 6.45) is 9.10. The molecule has 0 saturated carbocycles. The molecule has 0 radical (unpaired) electrons. The fraction of sp³-hybridized carbons (Fsp3) is 0.100. The summed E-state index contributed by atoms with van der Waals surface area (Å²) in [6.45, 7) is 11.9. The molecule has 2 unspecified atom stereocenters. The Kier molecular flexibility index (Phi) is 8.70. The van der Waals surface area contributed by atoms with E-state index < -0.39 is 0 Å². The molecule has 222 valence electrons. The number of benzene rings is 4. The van der Waals surface area contributed by atoms with Crippen molar-refractivity contribution in [2.45, 2.75) is 26.2 Å². The first-order valence-corrected chi connectivity index (χ1v) is 15.2. The fourth-order valence-electron chi connectivity index (χ4n) is 5.71. The van der Waals surface area contributed by atoms with E-state index in [1.807, 2.05) is 68.5 Å². The van der Waals surface area contributed by atoms with E-state index in [9.17, 15) is 0 Å². The lowest BCUT2D eigenvalue weighted by molar-refractivity contribution is 0.578. The van der Waals surface area contributed by atoms with Crippen LogP contribution in [0.1, 0.15) is 43.3 Å². The van der Waals surface area contributed by atoms with E-state index in [4.69, 9.17) is 9.97 Å². The number of fused-ring (bicyclic) bond motifs is 5. The van der Waals surface area contributed by atoms with Crippen LogP contribution in [0.15, 0.2) is 153 Å². The number of nitrogens with one attached hydrogen (secondary N) is 2. The third kappa shape index (κ3) is 5.93. The minimum atomic E-state index is -0.316. The van der Waals surface area contributed by atoms with Gasteiger partial charge in [0.05, 0.1) is 22.8 Å². The molecular weight excluding hydrogens is 550 g/mol. The highest BCUT2D eigenvalue weighted by atomic mass is 15.4. The van der Waals surface area contributed by atoms with Crippen LogP contribution >= 0.6 is 0 Å². The molecular formula is C40H37N5. The summed E-state index contributed by atoms with van der Waals surface area (Å²) in [7, 11) is 0. The number of anilines is 3. The Bertz CT molecular complexity index is 1870. The standard InChI is InChI=1S/C36H29N5.C4H8/c1-3-13-24(4-2)31-23-32(26-16-9-6-10-17-26)38-34(37-31)36-39-29-21-20-27(25-14-7-5-8-15-25)22-28(29)35-40-30-18-11-12-19-33(30)41(35)36;1-3-4-2/h3-23,35-36,39-40H,1-2H2;3-4H,1-2H3/b24-13+;4-3-. The summed E-state index contributed by atoms with van der Waals surface area (Å²) in [5.74, 6) is 0.680. The first-order chi connectivity index (χ1) is 22.1. The average Bonchev–Trinajstić information content (AvgIpc) is 3.51. The Hall–Kier alpha value is -5.68. The summed E-state index contributed by atoms with van der Waals surface area (Å²) in [5, 5.41) is 7.57. The molecule has 7 rings (SSSR count). The van der Waals surface area contributed by atoms with Crippen molar-refractivity contribution < 1.29 is 0 Å². The first kappa shape index (κ1) is 29.4. The highest BCUT2D eigenvalue weighted by molar-refractivity contribution is 5.82. The van der Waals surface area contributed by atoms with Gasteiger partial charge >= 0.3 is 0 Å². The topological polar surface area (TPSA) is 53.1 Å². The van der Waals surface area contributed by atoms with Gasteiger partial charge in [-0.25, -0.2) is 9.97 Å². The van der Waals surface area contributed by atoms with Gasteiger partial charge in [0.2, 0.25) is 0 Å². The number of allylic oxidation sites excluding steroid dienone is 6. The van der Waals surface area contributed by atoms with E-state index >= 15 is 0 Å². The van der Waals surface area contributed by atoms with E-state index in [-0.39, 0.29) is 12.3 Å². The monoisotopic (exact) mass is 587 g/mol. The normalized spacial score (nSPS) is 16.3. The summed E-state index contributed by atoms with van der Waals surface area (Å²) < 4.78 is 0. The maximum atomic E-state index is 5.15. The third-order valence-electron chi connectivity index (χ3n) is 7.98. The number of nitrogens with zero attached hydrogens (tertiary/aromatic N) is 3. The SMILES string of the molecule is C/C=C\C.C=C/C=C(\C=C)c1cc(-c2ccccc2)nc(C2Nc3ccc(-c4ccccc4)cc3C3Nc4ccccc4N23)n1. The fourth-order valence-corrected chi connectivity index (χ4v) is 5.71. The number of hydrogen-bond donors (Lipinski definition) is 2. The number of para-hydroxylation sites is 2. The maximum Gasteiger partial charge on any atom is 0.172 e. The second kappa shape index (κ2) is 13.3. The van der Waals surface area contributed by atoms with Crippen LogP contribution in [0.3, 0.4) is 0 Å². The molecule has 1 aromatic heterocycles. The van der Waals surface area contributed by atoms with Gasteiger partial charge in [-0.2, -0.15) is 0 Å². The quantitative estimate of drug-likeness (QED) is 0.153. The second-order valence-electron chi connectivity index (χ2n) is 10.8. The number of aromatic nitrogens is 2. The van der Waals surface area contributed by atoms with Crippen molar-refractivity contribution in [2.75, 3.05) is 15.5 Å². The lowest BCUT2D eigenvalue weighted by atomic mass is 9.98. The van der Waals surface area contributed by atoms with Crippen molar-refractivity contribution in [3.05, 3.63) is 170 Å². The molecule has 5 heteroatoms. The van der Waals surface area contributed by atoms with Crippen molar-refractivity contribution in [2.24, 2.45) is 0 Å². The molecule has 45 heavy (non-hydrogen) atoms. The van der Waals surface area contributed by atoms with Gasteiger partial charge in [-0.05, 0) is 60.9 Å². The Morgan fingerprint density at radius 3 is 2.04 bits per heavy atom. The van der Waals surface area contributed by atoms with Crippen LogP contribution in [-0.4, -0.2) is 9.97 Å². The van der Waals surface area contributed by atoms with Crippen LogP contribution in [0.2, 0.25) is 0 Å². The Morgan fingerprint density at radius 2 is 1.36 bits per heavy atom.